The van der Waals surface area contributed by atoms with E-state index in [-0.39, 0.29) is 16.9 Å². The molecular weight excluding hydrogens is 344 g/mol. The maximum atomic E-state index is 12.8. The topological polar surface area (TPSA) is 72.2 Å². The molecule has 0 heterocycles. The summed E-state index contributed by atoms with van der Waals surface area (Å²) in [6.07, 6.45) is 0. The quantitative estimate of drug-likeness (QED) is 0.678. The maximum Gasteiger partial charge on any atom is 0.241 e. The lowest BCUT2D eigenvalue weighted by atomic mass is 9.87. The first-order valence-corrected chi connectivity index (χ1v) is 10.0. The molecule has 0 aromatic heterocycles. The number of fused-ring (bicyclic) bond motifs is 1. The summed E-state index contributed by atoms with van der Waals surface area (Å²) in [5.41, 5.74) is 8.74. The van der Waals surface area contributed by atoms with Crippen LogP contribution in [0.3, 0.4) is 0 Å². The van der Waals surface area contributed by atoms with Crippen LogP contribution >= 0.6 is 0 Å². The highest BCUT2D eigenvalue weighted by molar-refractivity contribution is 7.89. The number of rotatable bonds is 4. The van der Waals surface area contributed by atoms with Gasteiger partial charge in [-0.05, 0) is 28.7 Å². The van der Waals surface area contributed by atoms with Crippen LogP contribution in [0.2, 0.25) is 0 Å². The zero-order valence-corrected chi connectivity index (χ0v) is 16.1. The third-order valence-electron chi connectivity index (χ3n) is 4.49. The van der Waals surface area contributed by atoms with E-state index in [1.807, 2.05) is 30.3 Å². The number of anilines is 1. The average molecular weight is 369 g/mol. The van der Waals surface area contributed by atoms with Gasteiger partial charge in [-0.2, -0.15) is 0 Å². The van der Waals surface area contributed by atoms with Gasteiger partial charge in [0.2, 0.25) is 10.0 Å². The fourth-order valence-electron chi connectivity index (χ4n) is 2.92. The van der Waals surface area contributed by atoms with Gasteiger partial charge >= 0.3 is 0 Å². The van der Waals surface area contributed by atoms with E-state index in [1.54, 1.807) is 30.3 Å². The van der Waals surface area contributed by atoms with Crippen LogP contribution in [0.15, 0.2) is 65.6 Å². The maximum absolute atomic E-state index is 12.8. The van der Waals surface area contributed by atoms with Crippen molar-refractivity contribution in [1.82, 2.24) is 4.72 Å². The number of hydrogen-bond acceptors (Lipinski definition) is 3. The molecule has 3 rings (SSSR count). The molecule has 0 unspecified atom stereocenters. The molecular formula is C21H24N2O2S. The van der Waals surface area contributed by atoms with Gasteiger partial charge in [-0.3, -0.25) is 0 Å². The number of nitrogens with one attached hydrogen (secondary N) is 1. The third kappa shape index (κ3) is 3.74. The zero-order valence-electron chi connectivity index (χ0n) is 15.3. The average Bonchev–Trinajstić information content (AvgIpc) is 2.59. The monoisotopic (exact) mass is 368 g/mol. The number of nitrogens with two attached hydrogens (primary N) is 1. The molecule has 0 aliphatic rings. The molecule has 0 spiro atoms. The zero-order chi connectivity index (χ0) is 18.9. The summed E-state index contributed by atoms with van der Waals surface area (Å²) < 4.78 is 28.3. The van der Waals surface area contributed by atoms with Gasteiger partial charge in [0.25, 0.3) is 0 Å². The van der Waals surface area contributed by atoms with E-state index in [9.17, 15) is 8.42 Å². The summed E-state index contributed by atoms with van der Waals surface area (Å²) >= 11 is 0. The number of sulfonamides is 1. The first kappa shape index (κ1) is 18.4. The highest BCUT2D eigenvalue weighted by Gasteiger charge is 2.18. The van der Waals surface area contributed by atoms with Gasteiger partial charge in [0.15, 0.2) is 0 Å². The highest BCUT2D eigenvalue weighted by atomic mass is 32.2. The first-order chi connectivity index (χ1) is 12.2. The standard InChI is InChI=1S/C21H24N2O2S/c1-21(2,3)16-12-10-15(11-13-16)14-23-26(24,25)20-9-5-6-17-18(20)7-4-8-19(17)22/h4-13,23H,14,22H2,1-3H3. The van der Waals surface area contributed by atoms with Gasteiger partial charge in [-0.25, -0.2) is 13.1 Å². The number of benzene rings is 3. The minimum atomic E-state index is -3.65. The van der Waals surface area contributed by atoms with Crippen LogP contribution in [-0.4, -0.2) is 8.42 Å². The van der Waals surface area contributed by atoms with Crippen molar-refractivity contribution in [3.8, 4) is 0 Å². The summed E-state index contributed by atoms with van der Waals surface area (Å²) in [4.78, 5) is 0.244. The molecule has 0 aliphatic carbocycles. The number of nitrogen functional groups attached to an aromatic ring is 1. The fourth-order valence-corrected chi connectivity index (χ4v) is 4.16. The molecule has 0 atom stereocenters. The fraction of sp³-hybridized carbons (Fsp3) is 0.238. The molecule has 4 nitrogen and oxygen atoms in total. The predicted octanol–water partition coefficient (Wildman–Crippen LogP) is 4.20. The summed E-state index contributed by atoms with van der Waals surface area (Å²) in [6.45, 7) is 6.69. The molecule has 26 heavy (non-hydrogen) atoms. The molecule has 5 heteroatoms. The van der Waals surface area contributed by atoms with Crippen LogP contribution in [0.5, 0.6) is 0 Å². The Balaban J connectivity index is 1.85. The van der Waals surface area contributed by atoms with Crippen LogP contribution in [0.25, 0.3) is 10.8 Å². The molecule has 0 amide bonds. The van der Waals surface area contributed by atoms with Crippen molar-refractivity contribution in [2.24, 2.45) is 0 Å². The van der Waals surface area contributed by atoms with Crippen LogP contribution in [-0.2, 0) is 22.0 Å². The van der Waals surface area contributed by atoms with Gasteiger partial charge in [-0.1, -0.05) is 69.3 Å². The van der Waals surface area contributed by atoms with Crippen molar-refractivity contribution in [2.75, 3.05) is 5.73 Å². The van der Waals surface area contributed by atoms with Crippen molar-refractivity contribution < 1.29 is 8.42 Å². The first-order valence-electron chi connectivity index (χ1n) is 8.55. The van der Waals surface area contributed by atoms with Crippen molar-refractivity contribution in [3.05, 3.63) is 71.8 Å². The molecule has 0 saturated heterocycles. The van der Waals surface area contributed by atoms with Gasteiger partial charge in [0, 0.05) is 23.0 Å². The molecule has 0 fully saturated rings. The minimum absolute atomic E-state index is 0.0704. The third-order valence-corrected chi connectivity index (χ3v) is 5.95. The second-order valence-electron chi connectivity index (χ2n) is 7.47. The van der Waals surface area contributed by atoms with E-state index in [2.05, 4.69) is 25.5 Å². The Morgan fingerprint density at radius 2 is 1.50 bits per heavy atom. The Labute approximate surface area is 155 Å². The summed E-state index contributed by atoms with van der Waals surface area (Å²) in [5.74, 6) is 0. The SMILES string of the molecule is CC(C)(C)c1ccc(CNS(=O)(=O)c2cccc3c(N)cccc23)cc1. The lowest BCUT2D eigenvalue weighted by Gasteiger charge is -2.19. The second kappa shape index (κ2) is 6.74. The van der Waals surface area contributed by atoms with Gasteiger partial charge in [0.1, 0.15) is 0 Å². The van der Waals surface area contributed by atoms with Crippen LogP contribution < -0.4 is 10.5 Å². The van der Waals surface area contributed by atoms with E-state index < -0.39 is 10.0 Å². The molecule has 3 N–H and O–H groups in total. The summed E-state index contributed by atoms with van der Waals surface area (Å²) in [7, 11) is -3.65. The predicted molar refractivity (Wildman–Crippen MR) is 108 cm³/mol. The normalized spacial score (nSPS) is 12.4. The van der Waals surface area contributed by atoms with Crippen LogP contribution in [0, 0.1) is 0 Å². The van der Waals surface area contributed by atoms with Crippen molar-refractivity contribution in [3.63, 3.8) is 0 Å². The Hall–Kier alpha value is -2.37. The largest absolute Gasteiger partial charge is 0.398 e. The van der Waals surface area contributed by atoms with Crippen LogP contribution in [0.1, 0.15) is 31.9 Å². The van der Waals surface area contributed by atoms with Gasteiger partial charge in [-0.15, -0.1) is 0 Å². The molecule has 0 saturated carbocycles. The van der Waals surface area contributed by atoms with Crippen molar-refractivity contribution in [1.29, 1.82) is 0 Å². The smallest absolute Gasteiger partial charge is 0.241 e. The van der Waals surface area contributed by atoms with Crippen molar-refractivity contribution >= 4 is 26.5 Å². The Morgan fingerprint density at radius 1 is 0.885 bits per heavy atom. The molecule has 3 aromatic carbocycles. The van der Waals surface area contributed by atoms with E-state index in [4.69, 9.17) is 5.73 Å². The van der Waals surface area contributed by atoms with E-state index in [0.29, 0.717) is 11.1 Å². The van der Waals surface area contributed by atoms with E-state index in [1.165, 1.54) is 5.56 Å². The van der Waals surface area contributed by atoms with Crippen molar-refractivity contribution in [2.45, 2.75) is 37.6 Å². The van der Waals surface area contributed by atoms with E-state index >= 15 is 0 Å². The Morgan fingerprint density at radius 3 is 2.15 bits per heavy atom. The van der Waals surface area contributed by atoms with Gasteiger partial charge in [0.05, 0.1) is 4.90 Å². The lowest BCUT2D eigenvalue weighted by Crippen LogP contribution is -2.23. The molecule has 0 radical (unpaired) electrons. The van der Waals surface area contributed by atoms with Crippen LogP contribution in [0.4, 0.5) is 5.69 Å². The Kier molecular flexibility index (Phi) is 4.78. The molecule has 0 aliphatic heterocycles. The van der Waals surface area contributed by atoms with E-state index in [0.717, 1.165) is 10.9 Å². The second-order valence-corrected chi connectivity index (χ2v) is 9.21. The lowest BCUT2D eigenvalue weighted by molar-refractivity contribution is 0.581. The van der Waals surface area contributed by atoms with Gasteiger partial charge < -0.3 is 5.73 Å². The number of hydrogen-bond donors (Lipinski definition) is 2. The molecule has 136 valence electrons. The Bertz CT molecular complexity index is 1030. The minimum Gasteiger partial charge on any atom is -0.398 e. The summed E-state index contributed by atoms with van der Waals surface area (Å²) in [5, 5.41) is 1.37. The summed E-state index contributed by atoms with van der Waals surface area (Å²) in [6, 6.07) is 18.5. The highest BCUT2D eigenvalue weighted by Crippen LogP contribution is 2.27. The molecule has 0 bridgehead atoms. The molecule has 3 aromatic rings.